The van der Waals surface area contributed by atoms with Crippen LogP contribution in [0.3, 0.4) is 0 Å². The molecule has 1 aromatic heterocycles. The van der Waals surface area contributed by atoms with Crippen LogP contribution in [0.15, 0.2) is 54.6 Å². The average molecular weight is 422 g/mol. The van der Waals surface area contributed by atoms with Crippen LogP contribution >= 0.6 is 0 Å². The molecule has 0 aliphatic carbocycles. The molecule has 0 amide bonds. The molecule has 156 valence electrons. The van der Waals surface area contributed by atoms with Crippen LogP contribution in [0.1, 0.15) is 0 Å². The van der Waals surface area contributed by atoms with Gasteiger partial charge in [0.2, 0.25) is 5.95 Å². The van der Waals surface area contributed by atoms with E-state index in [-0.39, 0.29) is 28.7 Å². The molecule has 3 aromatic rings. The van der Waals surface area contributed by atoms with E-state index in [4.69, 9.17) is 5.11 Å². The summed E-state index contributed by atoms with van der Waals surface area (Å²) in [6.45, 7) is -0.500. The van der Waals surface area contributed by atoms with Crippen molar-refractivity contribution in [2.24, 2.45) is 0 Å². The standard InChI is InChI=1S/C19H14F4N4O3/c20-13-6-1-2-7-14(13)25-16-9-15(26-18(27-16)24-10-17(28)29)11-4-3-5-12(8-11)30-19(21,22)23/h1-9H,10H2,(H,28,29)(H2,24,25,26,27). The van der Waals surface area contributed by atoms with Gasteiger partial charge >= 0.3 is 12.3 Å². The van der Waals surface area contributed by atoms with Crippen molar-refractivity contribution >= 4 is 23.4 Å². The summed E-state index contributed by atoms with van der Waals surface area (Å²) in [7, 11) is 0. The number of anilines is 3. The lowest BCUT2D eigenvalue weighted by atomic mass is 10.1. The van der Waals surface area contributed by atoms with E-state index in [0.717, 1.165) is 12.1 Å². The Morgan fingerprint density at radius 1 is 1.07 bits per heavy atom. The Bertz CT molecular complexity index is 1060. The monoisotopic (exact) mass is 422 g/mol. The summed E-state index contributed by atoms with van der Waals surface area (Å²) in [5, 5.41) is 14.1. The van der Waals surface area contributed by atoms with Crippen molar-refractivity contribution in [3.05, 3.63) is 60.4 Å². The van der Waals surface area contributed by atoms with Gasteiger partial charge < -0.3 is 20.5 Å². The molecule has 0 atom stereocenters. The number of aromatic nitrogens is 2. The number of rotatable bonds is 7. The van der Waals surface area contributed by atoms with E-state index in [1.165, 1.54) is 36.4 Å². The fourth-order valence-corrected chi connectivity index (χ4v) is 2.45. The molecule has 0 fully saturated rings. The topological polar surface area (TPSA) is 96.4 Å². The Morgan fingerprint density at radius 2 is 1.83 bits per heavy atom. The van der Waals surface area contributed by atoms with Crippen LogP contribution in [0.2, 0.25) is 0 Å². The number of nitrogens with zero attached hydrogens (tertiary/aromatic N) is 2. The molecular weight excluding hydrogens is 408 g/mol. The minimum atomic E-state index is -4.87. The van der Waals surface area contributed by atoms with Crippen LogP contribution in [-0.4, -0.2) is 34.0 Å². The number of nitrogens with one attached hydrogen (secondary N) is 2. The van der Waals surface area contributed by atoms with Gasteiger partial charge in [0.25, 0.3) is 0 Å². The van der Waals surface area contributed by atoms with Crippen LogP contribution < -0.4 is 15.4 Å². The molecular formula is C19H14F4N4O3. The van der Waals surface area contributed by atoms with E-state index in [1.807, 2.05) is 0 Å². The lowest BCUT2D eigenvalue weighted by Gasteiger charge is -2.13. The molecule has 0 spiro atoms. The van der Waals surface area contributed by atoms with E-state index in [1.54, 1.807) is 6.07 Å². The molecule has 1 heterocycles. The molecule has 0 bridgehead atoms. The van der Waals surface area contributed by atoms with Crippen LogP contribution in [0.25, 0.3) is 11.3 Å². The Balaban J connectivity index is 1.98. The van der Waals surface area contributed by atoms with Gasteiger partial charge in [-0.1, -0.05) is 24.3 Å². The van der Waals surface area contributed by atoms with Crippen LogP contribution in [0, 0.1) is 5.82 Å². The summed E-state index contributed by atoms with van der Waals surface area (Å²) in [6.07, 6.45) is -4.87. The van der Waals surface area contributed by atoms with Gasteiger partial charge in [-0.3, -0.25) is 4.79 Å². The normalized spacial score (nSPS) is 11.1. The van der Waals surface area contributed by atoms with Gasteiger partial charge in [-0.25, -0.2) is 9.37 Å². The van der Waals surface area contributed by atoms with Crippen LogP contribution in [0.5, 0.6) is 5.75 Å². The number of carbonyl (C=O) groups is 1. The Morgan fingerprint density at radius 3 is 2.53 bits per heavy atom. The van der Waals surface area contributed by atoms with Crippen LogP contribution in [-0.2, 0) is 4.79 Å². The summed E-state index contributed by atoms with van der Waals surface area (Å²) in [4.78, 5) is 19.0. The van der Waals surface area contributed by atoms with Gasteiger partial charge in [-0.2, -0.15) is 4.98 Å². The van der Waals surface area contributed by atoms with E-state index >= 15 is 0 Å². The zero-order valence-electron chi connectivity index (χ0n) is 15.1. The third-order valence-electron chi connectivity index (χ3n) is 3.62. The number of alkyl halides is 3. The molecule has 11 heteroatoms. The molecule has 0 aliphatic heterocycles. The number of benzene rings is 2. The number of carboxylic acid groups (broad SMARTS) is 1. The van der Waals surface area contributed by atoms with E-state index < -0.39 is 30.4 Å². The van der Waals surface area contributed by atoms with Gasteiger partial charge in [0.05, 0.1) is 11.4 Å². The molecule has 0 aliphatic rings. The largest absolute Gasteiger partial charge is 0.573 e. The maximum Gasteiger partial charge on any atom is 0.573 e. The maximum atomic E-state index is 13.9. The van der Waals surface area contributed by atoms with Gasteiger partial charge in [-0.05, 0) is 24.3 Å². The highest BCUT2D eigenvalue weighted by Gasteiger charge is 2.31. The summed E-state index contributed by atoms with van der Waals surface area (Å²) in [6, 6.07) is 12.2. The van der Waals surface area contributed by atoms with Crippen molar-refractivity contribution < 1.29 is 32.2 Å². The highest BCUT2D eigenvalue weighted by Crippen LogP contribution is 2.29. The van der Waals surface area contributed by atoms with Crippen molar-refractivity contribution in [3.8, 4) is 17.0 Å². The second-order valence-corrected chi connectivity index (χ2v) is 5.89. The SMILES string of the molecule is O=C(O)CNc1nc(Nc2ccccc2F)cc(-c2cccc(OC(F)(F)F)c2)n1. The second kappa shape index (κ2) is 8.64. The van der Waals surface area contributed by atoms with E-state index in [9.17, 15) is 22.4 Å². The van der Waals surface area contributed by atoms with E-state index in [0.29, 0.717) is 0 Å². The predicted molar refractivity (Wildman–Crippen MR) is 100.0 cm³/mol. The van der Waals surface area contributed by atoms with Crippen LogP contribution in [0.4, 0.5) is 35.0 Å². The Hall–Kier alpha value is -3.89. The van der Waals surface area contributed by atoms with E-state index in [2.05, 4.69) is 25.3 Å². The molecule has 7 nitrogen and oxygen atoms in total. The van der Waals surface area contributed by atoms with Crippen molar-refractivity contribution in [3.63, 3.8) is 0 Å². The lowest BCUT2D eigenvalue weighted by molar-refractivity contribution is -0.274. The number of para-hydroxylation sites is 1. The maximum absolute atomic E-state index is 13.9. The number of aliphatic carboxylic acids is 1. The molecule has 30 heavy (non-hydrogen) atoms. The van der Waals surface area contributed by atoms with Crippen molar-refractivity contribution in [2.45, 2.75) is 6.36 Å². The first-order valence-electron chi connectivity index (χ1n) is 8.42. The number of ether oxygens (including phenoxy) is 1. The van der Waals surface area contributed by atoms with Crippen molar-refractivity contribution in [2.75, 3.05) is 17.2 Å². The highest BCUT2D eigenvalue weighted by atomic mass is 19.4. The van der Waals surface area contributed by atoms with Gasteiger partial charge in [0, 0.05) is 11.6 Å². The van der Waals surface area contributed by atoms with Crippen molar-refractivity contribution in [1.82, 2.24) is 9.97 Å². The lowest BCUT2D eigenvalue weighted by Crippen LogP contribution is -2.17. The minimum Gasteiger partial charge on any atom is -0.480 e. The molecule has 0 saturated heterocycles. The quantitative estimate of drug-likeness (QED) is 0.485. The number of carboxylic acids is 1. The van der Waals surface area contributed by atoms with Gasteiger partial charge in [0.1, 0.15) is 23.9 Å². The summed E-state index contributed by atoms with van der Waals surface area (Å²) in [5.74, 6) is -2.20. The third-order valence-corrected chi connectivity index (χ3v) is 3.62. The fraction of sp³-hybridized carbons (Fsp3) is 0.105. The number of hydrogen-bond donors (Lipinski definition) is 3. The molecule has 2 aromatic carbocycles. The summed E-state index contributed by atoms with van der Waals surface area (Å²) in [5.41, 5.74) is 0.499. The second-order valence-electron chi connectivity index (χ2n) is 5.89. The zero-order valence-corrected chi connectivity index (χ0v) is 15.1. The smallest absolute Gasteiger partial charge is 0.480 e. The Kier molecular flexibility index (Phi) is 6.00. The molecule has 0 radical (unpaired) electrons. The molecule has 0 saturated carbocycles. The first-order valence-corrected chi connectivity index (χ1v) is 8.42. The van der Waals surface area contributed by atoms with Crippen molar-refractivity contribution in [1.29, 1.82) is 0 Å². The third kappa shape index (κ3) is 5.80. The fourth-order valence-electron chi connectivity index (χ4n) is 2.45. The molecule has 0 unspecified atom stereocenters. The average Bonchev–Trinajstić information content (AvgIpc) is 2.67. The minimum absolute atomic E-state index is 0.0973. The van der Waals surface area contributed by atoms with Gasteiger partial charge in [0.15, 0.2) is 0 Å². The molecule has 3 rings (SSSR count). The summed E-state index contributed by atoms with van der Waals surface area (Å²) >= 11 is 0. The molecule has 3 N–H and O–H groups in total. The first kappa shape index (κ1) is 20.8. The Labute approximate surface area is 167 Å². The zero-order chi connectivity index (χ0) is 21.7. The number of halogens is 4. The van der Waals surface area contributed by atoms with Gasteiger partial charge in [-0.15, -0.1) is 13.2 Å². The highest BCUT2D eigenvalue weighted by molar-refractivity contribution is 5.73. The summed E-state index contributed by atoms with van der Waals surface area (Å²) < 4.78 is 55.4. The first-order chi connectivity index (χ1) is 14.2. The predicted octanol–water partition coefficient (Wildman–Crippen LogP) is 4.42. The number of hydrogen-bond acceptors (Lipinski definition) is 6.